The molecule has 9 nitrogen and oxygen atoms in total. The van der Waals surface area contributed by atoms with Gasteiger partial charge in [0.05, 0.1) is 12.2 Å². The van der Waals surface area contributed by atoms with Gasteiger partial charge in [-0.3, -0.25) is 19.1 Å². The number of nitrogens with one attached hydrogen (secondary N) is 3. The lowest BCUT2D eigenvalue weighted by Gasteiger charge is -2.30. The topological polar surface area (TPSA) is 112 Å². The van der Waals surface area contributed by atoms with Crippen molar-refractivity contribution in [2.24, 2.45) is 7.05 Å². The van der Waals surface area contributed by atoms with Gasteiger partial charge < -0.3 is 20.5 Å². The number of aromatic nitrogens is 3. The molecule has 3 N–H and O–H groups in total. The van der Waals surface area contributed by atoms with Crippen molar-refractivity contribution in [3.63, 3.8) is 0 Å². The molecule has 1 saturated heterocycles. The number of carbonyl (C=O) groups is 3. The zero-order chi connectivity index (χ0) is 19.7. The first-order chi connectivity index (χ1) is 13.5. The fourth-order valence-electron chi connectivity index (χ4n) is 3.05. The molecule has 3 amide bonds. The number of nitrogens with zero attached hydrogens (tertiary/aromatic N) is 3. The second-order valence-electron chi connectivity index (χ2n) is 6.71. The van der Waals surface area contributed by atoms with Crippen LogP contribution in [-0.4, -0.2) is 57.0 Å². The lowest BCUT2D eigenvalue weighted by atomic mass is 10.2. The first-order valence-electron chi connectivity index (χ1n) is 9.00. The van der Waals surface area contributed by atoms with Crippen LogP contribution < -0.4 is 10.6 Å². The molecule has 0 atom stereocenters. The molecule has 0 unspecified atom stereocenters. The average Bonchev–Trinajstić information content (AvgIpc) is 3.21. The molecule has 9 heteroatoms. The van der Waals surface area contributed by atoms with E-state index in [1.165, 1.54) is 4.68 Å². The van der Waals surface area contributed by atoms with E-state index in [-0.39, 0.29) is 24.1 Å². The van der Waals surface area contributed by atoms with E-state index in [9.17, 15) is 14.4 Å². The van der Waals surface area contributed by atoms with E-state index < -0.39 is 5.91 Å². The maximum absolute atomic E-state index is 12.4. The lowest BCUT2D eigenvalue weighted by molar-refractivity contribution is -0.115. The number of likely N-dealkylation sites (tertiary alicyclic amines) is 1. The van der Waals surface area contributed by atoms with Crippen LogP contribution in [0.5, 0.6) is 0 Å². The smallest absolute Gasteiger partial charge is 0.276 e. The molecule has 2 aromatic heterocycles. The molecule has 1 aliphatic rings. The second kappa shape index (κ2) is 7.18. The van der Waals surface area contributed by atoms with Gasteiger partial charge in [-0.1, -0.05) is 18.2 Å². The molecule has 4 rings (SSSR count). The van der Waals surface area contributed by atoms with Crippen LogP contribution in [0.25, 0.3) is 10.9 Å². The van der Waals surface area contributed by atoms with Crippen LogP contribution >= 0.6 is 0 Å². The minimum atomic E-state index is -0.435. The number of H-pyrrole nitrogens is 1. The van der Waals surface area contributed by atoms with Crippen molar-refractivity contribution in [2.75, 3.05) is 25.0 Å². The first-order valence-corrected chi connectivity index (χ1v) is 9.00. The summed E-state index contributed by atoms with van der Waals surface area (Å²) in [6.45, 7) is 1.17. The highest BCUT2D eigenvalue weighted by molar-refractivity contribution is 6.04. The Balaban J connectivity index is 1.38. The van der Waals surface area contributed by atoms with E-state index in [1.54, 1.807) is 24.2 Å². The summed E-state index contributed by atoms with van der Waals surface area (Å²) in [5.74, 6) is -1.02. The highest BCUT2D eigenvalue weighted by atomic mass is 16.2. The molecule has 3 heterocycles. The molecule has 1 aliphatic heterocycles. The highest BCUT2D eigenvalue weighted by Gasteiger charge is 2.27. The summed E-state index contributed by atoms with van der Waals surface area (Å²) in [4.78, 5) is 41.6. The number of hydrogen-bond acceptors (Lipinski definition) is 4. The minimum Gasteiger partial charge on any atom is -0.351 e. The molecule has 144 valence electrons. The zero-order valence-electron chi connectivity index (χ0n) is 15.4. The number of amides is 3. The zero-order valence-corrected chi connectivity index (χ0v) is 15.4. The van der Waals surface area contributed by atoms with Crippen molar-refractivity contribution in [3.8, 4) is 0 Å². The van der Waals surface area contributed by atoms with Crippen molar-refractivity contribution in [1.82, 2.24) is 25.0 Å². The van der Waals surface area contributed by atoms with Crippen molar-refractivity contribution < 1.29 is 14.4 Å². The molecule has 3 aromatic rings. The second-order valence-corrected chi connectivity index (χ2v) is 6.71. The summed E-state index contributed by atoms with van der Waals surface area (Å²) in [7, 11) is 1.68. The third-order valence-electron chi connectivity index (χ3n) is 4.63. The van der Waals surface area contributed by atoms with Crippen LogP contribution in [0.3, 0.4) is 0 Å². The Hall–Kier alpha value is -3.62. The van der Waals surface area contributed by atoms with Crippen molar-refractivity contribution in [2.45, 2.75) is 6.42 Å². The number of fused-ring (bicyclic) bond motifs is 1. The predicted octanol–water partition coefficient (Wildman–Crippen LogP) is 1.12. The molecule has 0 spiro atoms. The summed E-state index contributed by atoms with van der Waals surface area (Å²) in [5, 5.41) is 10.3. The molecule has 0 bridgehead atoms. The number of aromatic amines is 1. The van der Waals surface area contributed by atoms with Gasteiger partial charge in [0, 0.05) is 37.2 Å². The van der Waals surface area contributed by atoms with E-state index in [0.29, 0.717) is 24.5 Å². The van der Waals surface area contributed by atoms with E-state index >= 15 is 0 Å². The number of benzene rings is 1. The summed E-state index contributed by atoms with van der Waals surface area (Å²) < 4.78 is 1.48. The minimum absolute atomic E-state index is 0.204. The van der Waals surface area contributed by atoms with Crippen LogP contribution in [0.15, 0.2) is 36.5 Å². The molecule has 28 heavy (non-hydrogen) atoms. The summed E-state index contributed by atoms with van der Waals surface area (Å²) in [6, 6.07) is 9.26. The largest absolute Gasteiger partial charge is 0.351 e. The average molecular weight is 380 g/mol. The SMILES string of the molecule is Cn1cc(NC(=O)CNC(=O)c2cc3ccccc3[nH]2)c(C(=O)N2CCC2)n1. The molecule has 1 fully saturated rings. The Morgan fingerprint density at radius 3 is 2.71 bits per heavy atom. The molecular formula is C19H20N6O3. The standard InChI is InChI=1S/C19H20N6O3/c1-24-11-15(17(23-24)19(28)25-7-4-8-25)22-16(26)10-20-18(27)14-9-12-5-2-3-6-13(12)21-14/h2-3,5-6,9,11,21H,4,7-8,10H2,1H3,(H,20,27)(H,22,26). The number of carbonyl (C=O) groups excluding carboxylic acids is 3. The van der Waals surface area contributed by atoms with Crippen LogP contribution in [0, 0.1) is 0 Å². The molecule has 0 saturated carbocycles. The number of aryl methyl sites for hydroxylation is 1. The van der Waals surface area contributed by atoms with Crippen molar-refractivity contribution >= 4 is 34.3 Å². The number of anilines is 1. The van der Waals surface area contributed by atoms with Gasteiger partial charge in [-0.15, -0.1) is 0 Å². The van der Waals surface area contributed by atoms with Crippen LogP contribution in [-0.2, 0) is 11.8 Å². The van der Waals surface area contributed by atoms with E-state index in [1.807, 2.05) is 24.3 Å². The van der Waals surface area contributed by atoms with Gasteiger partial charge >= 0.3 is 0 Å². The van der Waals surface area contributed by atoms with Crippen molar-refractivity contribution in [3.05, 3.63) is 47.9 Å². The van der Waals surface area contributed by atoms with Crippen LogP contribution in [0.4, 0.5) is 5.69 Å². The normalized spacial score (nSPS) is 13.2. The number of rotatable bonds is 5. The lowest BCUT2D eigenvalue weighted by Crippen LogP contribution is -2.42. The van der Waals surface area contributed by atoms with Gasteiger partial charge in [-0.2, -0.15) is 5.10 Å². The third-order valence-corrected chi connectivity index (χ3v) is 4.63. The van der Waals surface area contributed by atoms with Gasteiger partial charge in [-0.25, -0.2) is 0 Å². The van der Waals surface area contributed by atoms with Gasteiger partial charge in [0.25, 0.3) is 11.8 Å². The van der Waals surface area contributed by atoms with E-state index in [4.69, 9.17) is 0 Å². The predicted molar refractivity (Wildman–Crippen MR) is 103 cm³/mol. The van der Waals surface area contributed by atoms with E-state index in [0.717, 1.165) is 17.3 Å². The Kier molecular flexibility index (Phi) is 4.56. The molecule has 0 radical (unpaired) electrons. The third kappa shape index (κ3) is 3.46. The fraction of sp³-hybridized carbons (Fsp3) is 0.263. The van der Waals surface area contributed by atoms with Gasteiger partial charge in [0.2, 0.25) is 5.91 Å². The van der Waals surface area contributed by atoms with Crippen molar-refractivity contribution in [1.29, 1.82) is 0 Å². The van der Waals surface area contributed by atoms with Crippen LogP contribution in [0.1, 0.15) is 27.4 Å². The summed E-state index contributed by atoms with van der Waals surface area (Å²) >= 11 is 0. The highest BCUT2D eigenvalue weighted by Crippen LogP contribution is 2.19. The van der Waals surface area contributed by atoms with Gasteiger partial charge in [0.15, 0.2) is 5.69 Å². The molecular weight excluding hydrogens is 360 g/mol. The fourth-order valence-corrected chi connectivity index (χ4v) is 3.05. The van der Waals surface area contributed by atoms with Gasteiger partial charge in [-0.05, 0) is 18.6 Å². The van der Waals surface area contributed by atoms with Crippen LogP contribution in [0.2, 0.25) is 0 Å². The summed E-state index contributed by atoms with van der Waals surface area (Å²) in [6.07, 6.45) is 2.55. The number of hydrogen-bond donors (Lipinski definition) is 3. The summed E-state index contributed by atoms with van der Waals surface area (Å²) in [5.41, 5.74) is 1.77. The first kappa shape index (κ1) is 17.8. The van der Waals surface area contributed by atoms with Gasteiger partial charge in [0.1, 0.15) is 5.69 Å². The Morgan fingerprint density at radius 1 is 1.21 bits per heavy atom. The molecule has 0 aliphatic carbocycles. The number of para-hydroxylation sites is 1. The maximum atomic E-state index is 12.4. The Morgan fingerprint density at radius 2 is 2.00 bits per heavy atom. The quantitative estimate of drug-likeness (QED) is 0.616. The van der Waals surface area contributed by atoms with E-state index in [2.05, 4.69) is 20.7 Å². The Bertz CT molecular complexity index is 1030. The Labute approximate surface area is 160 Å². The molecule has 1 aromatic carbocycles. The monoisotopic (exact) mass is 380 g/mol. The maximum Gasteiger partial charge on any atom is 0.276 e.